The summed E-state index contributed by atoms with van der Waals surface area (Å²) in [6.45, 7) is 2.03. The van der Waals surface area contributed by atoms with Gasteiger partial charge in [-0.3, -0.25) is 9.59 Å². The van der Waals surface area contributed by atoms with Crippen LogP contribution in [0, 0.1) is 17.2 Å². The van der Waals surface area contributed by atoms with Crippen molar-refractivity contribution in [3.63, 3.8) is 0 Å². The highest BCUT2D eigenvalue weighted by Crippen LogP contribution is 2.32. The van der Waals surface area contributed by atoms with Crippen molar-refractivity contribution in [2.45, 2.75) is 50.5 Å². The molecule has 0 unspecified atom stereocenters. The molecule has 2 aliphatic rings. The zero-order chi connectivity index (χ0) is 20.0. The fourth-order valence-corrected chi connectivity index (χ4v) is 4.46. The average molecular weight is 384 g/mol. The third kappa shape index (κ3) is 4.71. The number of hydrogen-bond acceptors (Lipinski definition) is 3. The van der Waals surface area contributed by atoms with E-state index >= 15 is 0 Å². The Morgan fingerprint density at radius 2 is 1.82 bits per heavy atom. The first-order valence-electron chi connectivity index (χ1n) is 10.4. The molecule has 1 aromatic rings. The van der Waals surface area contributed by atoms with Gasteiger partial charge in [0.25, 0.3) is 5.91 Å². The Hall–Kier alpha value is -2.39. The SMILES string of the molecule is CN(C(=O)C[NH+]1CCC(C(=O)Nc2ccccc2)CC1)C1(C#N)CCCCC1. The van der Waals surface area contributed by atoms with Gasteiger partial charge >= 0.3 is 0 Å². The van der Waals surface area contributed by atoms with Crippen LogP contribution < -0.4 is 10.2 Å². The monoisotopic (exact) mass is 383 g/mol. The van der Waals surface area contributed by atoms with Crippen molar-refractivity contribution in [2.24, 2.45) is 5.92 Å². The largest absolute Gasteiger partial charge is 0.327 e. The third-order valence-corrected chi connectivity index (χ3v) is 6.41. The molecule has 0 spiro atoms. The Morgan fingerprint density at radius 3 is 2.43 bits per heavy atom. The van der Waals surface area contributed by atoms with Gasteiger partial charge in [-0.05, 0) is 25.0 Å². The van der Waals surface area contributed by atoms with E-state index in [9.17, 15) is 14.9 Å². The highest BCUT2D eigenvalue weighted by molar-refractivity contribution is 5.92. The minimum Gasteiger partial charge on any atom is -0.327 e. The number of benzene rings is 1. The van der Waals surface area contributed by atoms with Gasteiger partial charge in [0.1, 0.15) is 5.54 Å². The topological polar surface area (TPSA) is 77.6 Å². The lowest BCUT2D eigenvalue weighted by Crippen LogP contribution is -3.14. The number of hydrogen-bond donors (Lipinski definition) is 2. The van der Waals surface area contributed by atoms with Gasteiger partial charge in [-0.15, -0.1) is 0 Å². The standard InChI is InChI=1S/C22H30N4O2/c1-25(22(17-23)12-6-3-7-13-22)20(27)16-26-14-10-18(11-15-26)21(28)24-19-8-4-2-5-9-19/h2,4-5,8-9,18H,3,6-7,10-16H2,1H3,(H,24,28)/p+1. The molecule has 3 rings (SSSR count). The smallest absolute Gasteiger partial charge is 0.278 e. The fourth-order valence-electron chi connectivity index (χ4n) is 4.46. The Labute approximate surface area is 167 Å². The molecule has 2 amide bonds. The van der Waals surface area contributed by atoms with Gasteiger partial charge in [-0.1, -0.05) is 37.5 Å². The van der Waals surface area contributed by atoms with E-state index < -0.39 is 5.54 Å². The van der Waals surface area contributed by atoms with Gasteiger partial charge in [0.2, 0.25) is 5.91 Å². The predicted molar refractivity (Wildman–Crippen MR) is 108 cm³/mol. The van der Waals surface area contributed by atoms with E-state index in [0.717, 1.165) is 63.7 Å². The Kier molecular flexibility index (Phi) is 6.69. The zero-order valence-corrected chi connectivity index (χ0v) is 16.7. The van der Waals surface area contributed by atoms with Crippen molar-refractivity contribution in [1.82, 2.24) is 4.90 Å². The molecular formula is C22H31N4O2+. The summed E-state index contributed by atoms with van der Waals surface area (Å²) in [4.78, 5) is 28.2. The fraction of sp³-hybridized carbons (Fsp3) is 0.591. The minimum atomic E-state index is -0.622. The van der Waals surface area contributed by atoms with Crippen molar-refractivity contribution in [1.29, 1.82) is 5.26 Å². The Bertz CT molecular complexity index is 714. The lowest BCUT2D eigenvalue weighted by Gasteiger charge is -2.39. The van der Waals surface area contributed by atoms with Gasteiger partial charge in [-0.2, -0.15) is 5.26 Å². The number of likely N-dealkylation sites (tertiary alicyclic amines) is 1. The van der Waals surface area contributed by atoms with Gasteiger partial charge < -0.3 is 15.1 Å². The summed E-state index contributed by atoms with van der Waals surface area (Å²) in [5.74, 6) is 0.116. The van der Waals surface area contributed by atoms with E-state index in [4.69, 9.17) is 0 Å². The van der Waals surface area contributed by atoms with Gasteiger partial charge in [-0.25, -0.2) is 0 Å². The maximum atomic E-state index is 12.8. The Balaban J connectivity index is 1.48. The molecule has 2 N–H and O–H groups in total. The molecule has 6 nitrogen and oxygen atoms in total. The van der Waals surface area contributed by atoms with Crippen molar-refractivity contribution < 1.29 is 14.5 Å². The molecule has 1 aliphatic heterocycles. The highest BCUT2D eigenvalue weighted by Gasteiger charge is 2.40. The van der Waals surface area contributed by atoms with E-state index in [2.05, 4.69) is 11.4 Å². The van der Waals surface area contributed by atoms with E-state index in [-0.39, 0.29) is 17.7 Å². The van der Waals surface area contributed by atoms with Crippen LogP contribution >= 0.6 is 0 Å². The summed E-state index contributed by atoms with van der Waals surface area (Å²) in [6.07, 6.45) is 6.31. The summed E-state index contributed by atoms with van der Waals surface area (Å²) in [5.41, 5.74) is 0.205. The van der Waals surface area contributed by atoms with Crippen molar-refractivity contribution in [3.05, 3.63) is 30.3 Å². The maximum absolute atomic E-state index is 12.8. The molecule has 1 saturated heterocycles. The maximum Gasteiger partial charge on any atom is 0.278 e. The molecule has 150 valence electrons. The second-order valence-corrected chi connectivity index (χ2v) is 8.21. The van der Waals surface area contributed by atoms with Crippen LogP contribution in [0.15, 0.2) is 30.3 Å². The average Bonchev–Trinajstić information content (AvgIpc) is 2.74. The molecule has 0 aromatic heterocycles. The normalized spacial score (nSPS) is 24.0. The van der Waals surface area contributed by atoms with Crippen LogP contribution in [-0.2, 0) is 9.59 Å². The Morgan fingerprint density at radius 1 is 1.18 bits per heavy atom. The molecule has 1 aliphatic carbocycles. The summed E-state index contributed by atoms with van der Waals surface area (Å²) < 4.78 is 0. The summed E-state index contributed by atoms with van der Waals surface area (Å²) >= 11 is 0. The van der Waals surface area contributed by atoms with Crippen LogP contribution in [0.3, 0.4) is 0 Å². The molecule has 0 radical (unpaired) electrons. The number of carbonyl (C=O) groups excluding carboxylic acids is 2. The lowest BCUT2D eigenvalue weighted by molar-refractivity contribution is -0.898. The van der Waals surface area contributed by atoms with Crippen LogP contribution in [0.25, 0.3) is 0 Å². The molecule has 2 fully saturated rings. The summed E-state index contributed by atoms with van der Waals surface area (Å²) in [7, 11) is 1.79. The van der Waals surface area contributed by atoms with Crippen molar-refractivity contribution in [2.75, 3.05) is 32.0 Å². The molecule has 0 atom stereocenters. The number of anilines is 1. The number of quaternary nitrogens is 1. The lowest BCUT2D eigenvalue weighted by atomic mass is 9.81. The predicted octanol–water partition coefficient (Wildman–Crippen LogP) is 1.60. The number of rotatable bonds is 5. The number of para-hydroxylation sites is 1. The molecule has 1 aromatic carbocycles. The molecule has 6 heteroatoms. The quantitative estimate of drug-likeness (QED) is 0.811. The number of nitriles is 1. The van der Waals surface area contributed by atoms with Gasteiger partial charge in [0, 0.05) is 31.5 Å². The number of likely N-dealkylation sites (N-methyl/N-ethyl adjacent to an activating group) is 1. The summed E-state index contributed by atoms with van der Waals surface area (Å²) in [6, 6.07) is 11.9. The second kappa shape index (κ2) is 9.20. The van der Waals surface area contributed by atoms with E-state index in [1.54, 1.807) is 11.9 Å². The minimum absolute atomic E-state index is 0.000540. The first-order valence-corrected chi connectivity index (χ1v) is 10.4. The van der Waals surface area contributed by atoms with Crippen LogP contribution in [-0.4, -0.2) is 48.9 Å². The van der Waals surface area contributed by atoms with Crippen molar-refractivity contribution >= 4 is 17.5 Å². The number of piperidine rings is 1. The number of nitrogens with zero attached hydrogens (tertiary/aromatic N) is 2. The highest BCUT2D eigenvalue weighted by atomic mass is 16.2. The van der Waals surface area contributed by atoms with E-state index in [1.165, 1.54) is 4.90 Å². The second-order valence-electron chi connectivity index (χ2n) is 8.21. The molecule has 1 heterocycles. The van der Waals surface area contributed by atoms with Crippen LogP contribution in [0.1, 0.15) is 44.9 Å². The molecular weight excluding hydrogens is 352 g/mol. The molecule has 1 saturated carbocycles. The zero-order valence-electron chi connectivity index (χ0n) is 16.7. The van der Waals surface area contributed by atoms with Crippen molar-refractivity contribution in [3.8, 4) is 6.07 Å². The van der Waals surface area contributed by atoms with Crippen LogP contribution in [0.5, 0.6) is 0 Å². The van der Waals surface area contributed by atoms with Crippen LogP contribution in [0.4, 0.5) is 5.69 Å². The number of amides is 2. The van der Waals surface area contributed by atoms with Gasteiger partial charge in [0.15, 0.2) is 6.54 Å². The van der Waals surface area contributed by atoms with E-state index in [1.807, 2.05) is 30.3 Å². The van der Waals surface area contributed by atoms with Gasteiger partial charge in [0.05, 0.1) is 19.2 Å². The third-order valence-electron chi connectivity index (χ3n) is 6.41. The number of nitrogens with one attached hydrogen (secondary N) is 2. The number of carbonyl (C=O) groups is 2. The van der Waals surface area contributed by atoms with Crippen LogP contribution in [0.2, 0.25) is 0 Å². The molecule has 28 heavy (non-hydrogen) atoms. The summed E-state index contributed by atoms with van der Waals surface area (Å²) in [5, 5.41) is 12.7. The van der Waals surface area contributed by atoms with E-state index in [0.29, 0.717) is 6.54 Å². The molecule has 0 bridgehead atoms. The first-order chi connectivity index (χ1) is 13.5. The first kappa shape index (κ1) is 20.3.